The van der Waals surface area contributed by atoms with E-state index in [0.717, 1.165) is 20.2 Å². The van der Waals surface area contributed by atoms with Crippen molar-refractivity contribution in [2.24, 2.45) is 0 Å². The predicted molar refractivity (Wildman–Crippen MR) is 87.0 cm³/mol. The van der Waals surface area contributed by atoms with Crippen LogP contribution < -0.4 is 5.32 Å². The molecule has 0 atom stereocenters. The summed E-state index contributed by atoms with van der Waals surface area (Å²) in [5.41, 5.74) is 2.61. The van der Waals surface area contributed by atoms with Crippen molar-refractivity contribution < 1.29 is 4.92 Å². The van der Waals surface area contributed by atoms with Crippen molar-refractivity contribution in [3.63, 3.8) is 0 Å². The Morgan fingerprint density at radius 2 is 1.90 bits per heavy atom. The largest absolute Gasteiger partial charge is 0.381 e. The van der Waals surface area contributed by atoms with Gasteiger partial charge in [0.25, 0.3) is 5.69 Å². The zero-order valence-corrected chi connectivity index (χ0v) is 13.9. The number of nitrogens with one attached hydrogen (secondary N) is 1. The van der Waals surface area contributed by atoms with Gasteiger partial charge in [0.05, 0.1) is 4.92 Å². The fourth-order valence-electron chi connectivity index (χ4n) is 1.77. The maximum absolute atomic E-state index is 10.9. The SMILES string of the molecule is Cc1ccc(NCc2ccc(Br)c(Br)c2)cc1[N+](=O)[O-]. The first-order chi connectivity index (χ1) is 9.47. The first kappa shape index (κ1) is 15.0. The number of nitro groups is 1. The van der Waals surface area contributed by atoms with Crippen LogP contribution in [-0.2, 0) is 6.54 Å². The summed E-state index contributed by atoms with van der Waals surface area (Å²) in [4.78, 5) is 10.5. The summed E-state index contributed by atoms with van der Waals surface area (Å²) >= 11 is 6.87. The average molecular weight is 400 g/mol. The lowest BCUT2D eigenvalue weighted by atomic mass is 10.1. The van der Waals surface area contributed by atoms with Crippen LogP contribution in [0.3, 0.4) is 0 Å². The molecule has 0 aromatic heterocycles. The van der Waals surface area contributed by atoms with E-state index in [1.807, 2.05) is 24.3 Å². The zero-order chi connectivity index (χ0) is 14.7. The lowest BCUT2D eigenvalue weighted by Crippen LogP contribution is -2.01. The van der Waals surface area contributed by atoms with Crippen LogP contribution in [0.4, 0.5) is 11.4 Å². The minimum absolute atomic E-state index is 0.131. The molecule has 0 aliphatic heterocycles. The number of benzene rings is 2. The monoisotopic (exact) mass is 398 g/mol. The fraction of sp³-hybridized carbons (Fsp3) is 0.143. The second-order valence-corrected chi connectivity index (χ2v) is 6.07. The summed E-state index contributed by atoms with van der Waals surface area (Å²) in [5, 5.41) is 14.1. The molecule has 20 heavy (non-hydrogen) atoms. The zero-order valence-electron chi connectivity index (χ0n) is 10.7. The third-order valence-electron chi connectivity index (χ3n) is 2.89. The highest BCUT2D eigenvalue weighted by molar-refractivity contribution is 9.13. The number of anilines is 1. The first-order valence-electron chi connectivity index (χ1n) is 5.90. The number of aryl methyl sites for hydroxylation is 1. The molecule has 0 fully saturated rings. The second kappa shape index (κ2) is 6.37. The van der Waals surface area contributed by atoms with E-state index in [-0.39, 0.29) is 10.6 Å². The van der Waals surface area contributed by atoms with Gasteiger partial charge < -0.3 is 5.32 Å². The Hall–Kier alpha value is -1.40. The van der Waals surface area contributed by atoms with Crippen LogP contribution in [-0.4, -0.2) is 4.92 Å². The van der Waals surface area contributed by atoms with Gasteiger partial charge in [-0.25, -0.2) is 0 Å². The quantitative estimate of drug-likeness (QED) is 0.578. The third kappa shape index (κ3) is 3.58. The summed E-state index contributed by atoms with van der Waals surface area (Å²) in [6, 6.07) is 11.1. The molecule has 4 nitrogen and oxygen atoms in total. The molecular formula is C14H12Br2N2O2. The Balaban J connectivity index is 2.12. The molecular weight excluding hydrogens is 388 g/mol. The van der Waals surface area contributed by atoms with E-state index < -0.39 is 0 Å². The second-order valence-electron chi connectivity index (χ2n) is 4.36. The predicted octanol–water partition coefficient (Wildman–Crippen LogP) is 5.04. The van der Waals surface area contributed by atoms with E-state index in [1.54, 1.807) is 19.1 Å². The number of rotatable bonds is 4. The third-order valence-corrected chi connectivity index (χ3v) is 4.77. The van der Waals surface area contributed by atoms with Crippen molar-refractivity contribution in [2.45, 2.75) is 13.5 Å². The van der Waals surface area contributed by atoms with E-state index in [4.69, 9.17) is 0 Å². The van der Waals surface area contributed by atoms with Gasteiger partial charge in [-0.15, -0.1) is 0 Å². The Labute approximate surface area is 133 Å². The van der Waals surface area contributed by atoms with Crippen molar-refractivity contribution in [2.75, 3.05) is 5.32 Å². The molecule has 0 unspecified atom stereocenters. The van der Waals surface area contributed by atoms with Gasteiger partial charge in [-0.3, -0.25) is 10.1 Å². The van der Waals surface area contributed by atoms with Gasteiger partial charge in [-0.2, -0.15) is 0 Å². The normalized spacial score (nSPS) is 10.3. The van der Waals surface area contributed by atoms with Crippen molar-refractivity contribution >= 4 is 43.2 Å². The van der Waals surface area contributed by atoms with Gasteiger partial charge in [0, 0.05) is 32.8 Å². The number of hydrogen-bond acceptors (Lipinski definition) is 3. The van der Waals surface area contributed by atoms with Crippen molar-refractivity contribution in [3.8, 4) is 0 Å². The van der Waals surface area contributed by atoms with Crippen LogP contribution in [0.25, 0.3) is 0 Å². The van der Waals surface area contributed by atoms with Crippen LogP contribution in [0.2, 0.25) is 0 Å². The van der Waals surface area contributed by atoms with Crippen molar-refractivity contribution in [3.05, 3.63) is 66.6 Å². The van der Waals surface area contributed by atoms with Gasteiger partial charge in [0.15, 0.2) is 0 Å². The highest BCUT2D eigenvalue weighted by Crippen LogP contribution is 2.25. The summed E-state index contributed by atoms with van der Waals surface area (Å²) in [6.07, 6.45) is 0. The van der Waals surface area contributed by atoms with E-state index in [2.05, 4.69) is 37.2 Å². The molecule has 0 bridgehead atoms. The summed E-state index contributed by atoms with van der Waals surface area (Å²) in [7, 11) is 0. The Bertz CT molecular complexity index is 660. The van der Waals surface area contributed by atoms with E-state index in [0.29, 0.717) is 12.1 Å². The molecule has 0 saturated carbocycles. The van der Waals surface area contributed by atoms with Gasteiger partial charge in [0.1, 0.15) is 0 Å². The molecule has 2 aromatic carbocycles. The van der Waals surface area contributed by atoms with Crippen LogP contribution in [0.15, 0.2) is 45.3 Å². The van der Waals surface area contributed by atoms with Gasteiger partial charge in [-0.1, -0.05) is 12.1 Å². The molecule has 0 amide bonds. The molecule has 0 aliphatic rings. The van der Waals surface area contributed by atoms with Crippen molar-refractivity contribution in [1.82, 2.24) is 0 Å². The maximum Gasteiger partial charge on any atom is 0.274 e. The highest BCUT2D eigenvalue weighted by Gasteiger charge is 2.10. The Morgan fingerprint density at radius 1 is 1.15 bits per heavy atom. The molecule has 2 aromatic rings. The fourth-order valence-corrected chi connectivity index (χ4v) is 2.44. The number of halogens is 2. The van der Waals surface area contributed by atoms with Crippen molar-refractivity contribution in [1.29, 1.82) is 0 Å². The van der Waals surface area contributed by atoms with Gasteiger partial charge in [-0.05, 0) is 62.5 Å². The Morgan fingerprint density at radius 3 is 2.55 bits per heavy atom. The number of hydrogen-bond donors (Lipinski definition) is 1. The average Bonchev–Trinajstić information content (AvgIpc) is 2.41. The minimum atomic E-state index is -0.364. The smallest absolute Gasteiger partial charge is 0.274 e. The van der Waals surface area contributed by atoms with Crippen LogP contribution in [0.5, 0.6) is 0 Å². The van der Waals surface area contributed by atoms with E-state index in [9.17, 15) is 10.1 Å². The van der Waals surface area contributed by atoms with Crippen LogP contribution >= 0.6 is 31.9 Å². The van der Waals surface area contributed by atoms with E-state index >= 15 is 0 Å². The van der Waals surface area contributed by atoms with Crippen LogP contribution in [0, 0.1) is 17.0 Å². The Kier molecular flexibility index (Phi) is 4.77. The maximum atomic E-state index is 10.9. The molecule has 0 radical (unpaired) electrons. The number of nitrogens with zero attached hydrogens (tertiary/aromatic N) is 1. The molecule has 0 spiro atoms. The van der Waals surface area contributed by atoms with E-state index in [1.165, 1.54) is 0 Å². The molecule has 0 aliphatic carbocycles. The molecule has 1 N–H and O–H groups in total. The summed E-state index contributed by atoms with van der Waals surface area (Å²) in [6.45, 7) is 2.33. The molecule has 2 rings (SSSR count). The molecule has 104 valence electrons. The van der Waals surface area contributed by atoms with Gasteiger partial charge in [0.2, 0.25) is 0 Å². The molecule has 6 heteroatoms. The summed E-state index contributed by atoms with van der Waals surface area (Å²) in [5.74, 6) is 0. The standard InChI is InChI=1S/C14H12Br2N2O2/c1-9-2-4-11(7-14(9)18(19)20)17-8-10-3-5-12(15)13(16)6-10/h2-7,17H,8H2,1H3. The highest BCUT2D eigenvalue weighted by atomic mass is 79.9. The van der Waals surface area contributed by atoms with Gasteiger partial charge >= 0.3 is 0 Å². The molecule has 0 saturated heterocycles. The summed E-state index contributed by atoms with van der Waals surface area (Å²) < 4.78 is 1.97. The lowest BCUT2D eigenvalue weighted by molar-refractivity contribution is -0.385. The molecule has 0 heterocycles. The minimum Gasteiger partial charge on any atom is -0.381 e. The lowest BCUT2D eigenvalue weighted by Gasteiger charge is -2.08. The number of nitro benzene ring substituents is 1. The van der Waals surface area contributed by atoms with Crippen LogP contribution in [0.1, 0.15) is 11.1 Å². The first-order valence-corrected chi connectivity index (χ1v) is 7.49. The topological polar surface area (TPSA) is 55.2 Å².